The zero-order valence-electron chi connectivity index (χ0n) is 16.2. The highest BCUT2D eigenvalue weighted by molar-refractivity contribution is 6.11. The van der Waals surface area contributed by atoms with E-state index in [0.29, 0.717) is 22.8 Å². The summed E-state index contributed by atoms with van der Waals surface area (Å²) in [4.78, 5) is 27.5. The molecule has 0 saturated carbocycles. The minimum Gasteiger partial charge on any atom is -0.496 e. The Morgan fingerprint density at radius 2 is 1.76 bits per heavy atom. The Hall–Kier alpha value is -3.87. The molecule has 148 valence electrons. The fraction of sp³-hybridized carbons (Fsp3) is 0.136. The molecule has 29 heavy (non-hydrogen) atoms. The molecule has 0 unspecified atom stereocenters. The maximum absolute atomic E-state index is 12.1. The smallest absolute Gasteiger partial charge is 0.363 e. The first-order chi connectivity index (χ1) is 14.0. The molecule has 0 amide bonds. The van der Waals surface area contributed by atoms with Crippen LogP contribution in [0.5, 0.6) is 17.2 Å². The quantitative estimate of drug-likeness (QED) is 0.423. The van der Waals surface area contributed by atoms with Crippen LogP contribution in [0.25, 0.3) is 12.2 Å². The summed E-state index contributed by atoms with van der Waals surface area (Å²) in [6, 6.07) is 12.4. The second-order valence-corrected chi connectivity index (χ2v) is 5.95. The van der Waals surface area contributed by atoms with Gasteiger partial charge in [0, 0.05) is 18.6 Å². The number of rotatable bonds is 6. The zero-order chi connectivity index (χ0) is 20.8. The molecule has 0 N–H and O–H groups in total. The molecule has 7 nitrogen and oxygen atoms in total. The van der Waals surface area contributed by atoms with Gasteiger partial charge >= 0.3 is 11.9 Å². The van der Waals surface area contributed by atoms with Crippen LogP contribution in [0, 0.1) is 0 Å². The molecule has 0 bridgehead atoms. The van der Waals surface area contributed by atoms with E-state index >= 15 is 0 Å². The summed E-state index contributed by atoms with van der Waals surface area (Å²) >= 11 is 0. The molecule has 0 aromatic heterocycles. The third-order valence-corrected chi connectivity index (χ3v) is 3.93. The molecule has 0 spiro atoms. The second-order valence-electron chi connectivity index (χ2n) is 5.95. The number of nitrogens with zero attached hydrogens (tertiary/aromatic N) is 1. The lowest BCUT2D eigenvalue weighted by Gasteiger charge is -2.08. The highest BCUT2D eigenvalue weighted by Gasteiger charge is 2.21. The number of ether oxygens (including phenoxy) is 4. The lowest BCUT2D eigenvalue weighted by molar-refractivity contribution is -0.132. The van der Waals surface area contributed by atoms with Gasteiger partial charge in [-0.05, 0) is 35.9 Å². The first kappa shape index (κ1) is 19.9. The van der Waals surface area contributed by atoms with Gasteiger partial charge in [0.05, 0.1) is 14.2 Å². The SMILES string of the molecule is COc1ccccc1/C=C/C1=NC(=C/c2ccc(OC(C)=O)c(OC)c2)/C(=O)O1. The number of methoxy groups -OCH3 is 2. The van der Waals surface area contributed by atoms with Crippen molar-refractivity contribution in [3.8, 4) is 17.2 Å². The van der Waals surface area contributed by atoms with Crippen LogP contribution in [0.1, 0.15) is 18.1 Å². The number of benzene rings is 2. The lowest BCUT2D eigenvalue weighted by Crippen LogP contribution is -2.03. The van der Waals surface area contributed by atoms with E-state index in [0.717, 1.165) is 5.56 Å². The number of carbonyl (C=O) groups is 2. The molecule has 0 aliphatic carbocycles. The van der Waals surface area contributed by atoms with E-state index in [1.807, 2.05) is 24.3 Å². The van der Waals surface area contributed by atoms with Crippen molar-refractivity contribution in [3.05, 3.63) is 65.4 Å². The molecular formula is C22H19NO6. The molecule has 2 aromatic carbocycles. The van der Waals surface area contributed by atoms with Crippen molar-refractivity contribution in [1.82, 2.24) is 0 Å². The number of cyclic esters (lactones) is 1. The first-order valence-corrected chi connectivity index (χ1v) is 8.70. The predicted octanol–water partition coefficient (Wildman–Crippen LogP) is 3.64. The molecule has 0 saturated heterocycles. The third kappa shape index (κ3) is 4.90. The average Bonchev–Trinajstić information content (AvgIpc) is 3.06. The van der Waals surface area contributed by atoms with Gasteiger partial charge in [-0.15, -0.1) is 0 Å². The Morgan fingerprint density at radius 3 is 2.48 bits per heavy atom. The number of esters is 2. The van der Waals surface area contributed by atoms with E-state index in [1.165, 1.54) is 14.0 Å². The molecule has 0 radical (unpaired) electrons. The summed E-state index contributed by atoms with van der Waals surface area (Å²) in [5, 5.41) is 0. The van der Waals surface area contributed by atoms with Crippen molar-refractivity contribution in [2.75, 3.05) is 14.2 Å². The number of hydrogen-bond donors (Lipinski definition) is 0. The summed E-state index contributed by atoms with van der Waals surface area (Å²) in [6.07, 6.45) is 4.91. The van der Waals surface area contributed by atoms with E-state index in [4.69, 9.17) is 18.9 Å². The third-order valence-electron chi connectivity index (χ3n) is 3.93. The molecule has 1 heterocycles. The van der Waals surface area contributed by atoms with Crippen molar-refractivity contribution < 1.29 is 28.5 Å². The normalized spacial score (nSPS) is 14.7. The topological polar surface area (TPSA) is 83.4 Å². The fourth-order valence-electron chi connectivity index (χ4n) is 2.63. The van der Waals surface area contributed by atoms with Crippen LogP contribution >= 0.6 is 0 Å². The van der Waals surface area contributed by atoms with E-state index in [1.54, 1.807) is 43.5 Å². The van der Waals surface area contributed by atoms with Crippen molar-refractivity contribution >= 4 is 30.0 Å². The van der Waals surface area contributed by atoms with E-state index < -0.39 is 11.9 Å². The van der Waals surface area contributed by atoms with Crippen LogP contribution in [-0.2, 0) is 14.3 Å². The molecular weight excluding hydrogens is 374 g/mol. The number of hydrogen-bond acceptors (Lipinski definition) is 7. The van der Waals surface area contributed by atoms with Crippen LogP contribution in [0.4, 0.5) is 0 Å². The first-order valence-electron chi connectivity index (χ1n) is 8.70. The molecule has 1 aliphatic heterocycles. The van der Waals surface area contributed by atoms with Gasteiger partial charge in [0.2, 0.25) is 5.90 Å². The zero-order valence-corrected chi connectivity index (χ0v) is 16.2. The highest BCUT2D eigenvalue weighted by atomic mass is 16.6. The molecule has 0 fully saturated rings. The number of aliphatic imine (C=N–C) groups is 1. The highest BCUT2D eigenvalue weighted by Crippen LogP contribution is 2.29. The Labute approximate surface area is 167 Å². The second kappa shape index (κ2) is 8.88. The van der Waals surface area contributed by atoms with Crippen molar-refractivity contribution in [2.24, 2.45) is 4.99 Å². The van der Waals surface area contributed by atoms with Crippen LogP contribution < -0.4 is 14.2 Å². The number of carbonyl (C=O) groups excluding carboxylic acids is 2. The van der Waals surface area contributed by atoms with E-state index in [9.17, 15) is 9.59 Å². The van der Waals surface area contributed by atoms with Gasteiger partial charge in [-0.3, -0.25) is 4.79 Å². The van der Waals surface area contributed by atoms with Crippen LogP contribution in [0.2, 0.25) is 0 Å². The van der Waals surface area contributed by atoms with Gasteiger partial charge in [-0.1, -0.05) is 24.3 Å². The Morgan fingerprint density at radius 1 is 1.00 bits per heavy atom. The molecule has 3 rings (SSSR count). The fourth-order valence-corrected chi connectivity index (χ4v) is 2.63. The Bertz CT molecular complexity index is 1040. The van der Waals surface area contributed by atoms with Crippen molar-refractivity contribution in [3.63, 3.8) is 0 Å². The maximum atomic E-state index is 12.1. The average molecular weight is 393 g/mol. The summed E-state index contributed by atoms with van der Waals surface area (Å²) in [7, 11) is 3.05. The van der Waals surface area contributed by atoms with Crippen molar-refractivity contribution in [2.45, 2.75) is 6.92 Å². The molecule has 7 heteroatoms. The predicted molar refractivity (Wildman–Crippen MR) is 108 cm³/mol. The van der Waals surface area contributed by atoms with Crippen molar-refractivity contribution in [1.29, 1.82) is 0 Å². The molecule has 1 aliphatic rings. The Balaban J connectivity index is 1.83. The van der Waals surface area contributed by atoms with E-state index in [2.05, 4.69) is 4.99 Å². The largest absolute Gasteiger partial charge is 0.496 e. The lowest BCUT2D eigenvalue weighted by atomic mass is 10.1. The summed E-state index contributed by atoms with van der Waals surface area (Å²) < 4.78 is 20.8. The van der Waals surface area contributed by atoms with Gasteiger partial charge < -0.3 is 18.9 Å². The van der Waals surface area contributed by atoms with Crippen LogP contribution in [-0.4, -0.2) is 32.1 Å². The standard InChI is InChI=1S/C22H19NO6/c1-14(24)28-19-10-8-15(13-20(19)27-3)12-17-22(25)29-21(23-17)11-9-16-6-4-5-7-18(16)26-2/h4-13H,1-3H3/b11-9+,17-12+. The Kier molecular flexibility index (Phi) is 6.09. The summed E-state index contributed by atoms with van der Waals surface area (Å²) in [5.74, 6) is 0.513. The summed E-state index contributed by atoms with van der Waals surface area (Å²) in [5.41, 5.74) is 1.62. The number of para-hydroxylation sites is 1. The van der Waals surface area contributed by atoms with E-state index in [-0.39, 0.29) is 11.6 Å². The van der Waals surface area contributed by atoms with Gasteiger partial charge in [-0.2, -0.15) is 0 Å². The summed E-state index contributed by atoms with van der Waals surface area (Å²) in [6.45, 7) is 1.30. The van der Waals surface area contributed by atoms with Crippen LogP contribution in [0.3, 0.4) is 0 Å². The van der Waals surface area contributed by atoms with Gasteiger partial charge in [-0.25, -0.2) is 9.79 Å². The van der Waals surface area contributed by atoms with Crippen LogP contribution in [0.15, 0.2) is 59.2 Å². The van der Waals surface area contributed by atoms with Gasteiger partial charge in [0.1, 0.15) is 5.75 Å². The maximum Gasteiger partial charge on any atom is 0.363 e. The molecule has 0 atom stereocenters. The minimum atomic E-state index is -0.562. The minimum absolute atomic E-state index is 0.145. The molecule has 2 aromatic rings. The monoisotopic (exact) mass is 393 g/mol. The van der Waals surface area contributed by atoms with Gasteiger partial charge in [0.25, 0.3) is 0 Å². The van der Waals surface area contributed by atoms with Gasteiger partial charge in [0.15, 0.2) is 17.2 Å².